The van der Waals surface area contributed by atoms with Gasteiger partial charge in [0.05, 0.1) is 11.6 Å². The summed E-state index contributed by atoms with van der Waals surface area (Å²) in [5, 5.41) is 1.13. The number of carbonyl (C=O) groups is 2. The number of nitrogens with zero attached hydrogens (tertiary/aromatic N) is 2. The van der Waals surface area contributed by atoms with Crippen LogP contribution in [0.2, 0.25) is 0 Å². The van der Waals surface area contributed by atoms with Crippen LogP contribution in [0.5, 0.6) is 5.75 Å². The van der Waals surface area contributed by atoms with Crippen molar-refractivity contribution in [3.05, 3.63) is 82.9 Å². The molecule has 0 amide bonds. The Bertz CT molecular complexity index is 1490. The molecule has 0 aromatic heterocycles. The Hall–Kier alpha value is -3.93. The first-order valence-corrected chi connectivity index (χ1v) is 14.3. The van der Waals surface area contributed by atoms with Crippen LogP contribution in [0, 0.1) is 5.92 Å². The van der Waals surface area contributed by atoms with E-state index in [1.165, 1.54) is 0 Å². The van der Waals surface area contributed by atoms with E-state index in [9.17, 15) is 9.59 Å². The fourth-order valence-corrected chi connectivity index (χ4v) is 5.03. The molecular weight excluding hydrogens is 500 g/mol. The molecule has 6 heteroatoms. The van der Waals surface area contributed by atoms with Crippen LogP contribution in [-0.4, -0.2) is 37.9 Å². The van der Waals surface area contributed by atoms with Crippen molar-refractivity contribution in [1.29, 1.82) is 0 Å². The van der Waals surface area contributed by atoms with Crippen LogP contribution < -0.4 is 19.6 Å². The van der Waals surface area contributed by atoms with Crippen LogP contribution in [0.1, 0.15) is 70.1 Å². The van der Waals surface area contributed by atoms with E-state index in [-0.39, 0.29) is 11.2 Å². The molecule has 0 radical (unpaired) electrons. The third-order valence-electron chi connectivity index (χ3n) is 7.45. The second-order valence-corrected chi connectivity index (χ2v) is 11.0. The lowest BCUT2D eigenvalue weighted by atomic mass is 9.90. The average molecular weight is 542 g/mol. The van der Waals surface area contributed by atoms with Gasteiger partial charge in [0.25, 0.3) is 0 Å². The standard InChI is InChI=1S/C34H41N2O4/c1-8-35(9-2)24-16-18-26-23(20-31(34(5,6)7)39-29(26)21-24)14-12-13-15-28-32(37)27-19-17-25(36(10-3)11-4)22-30(27)40-33(28)38/h12-22,28H,8-11H2,1-7H3/q+1/b14-12+,15-13+. The molecule has 1 aliphatic carbocycles. The summed E-state index contributed by atoms with van der Waals surface area (Å²) >= 11 is 0. The number of ketones is 1. The maximum Gasteiger partial charge on any atom is 0.326 e. The van der Waals surface area contributed by atoms with Gasteiger partial charge in [-0.05, 0) is 57.5 Å². The number of Topliss-reactive ketones (excluding diaryl/α,β-unsaturated/α-hetero) is 1. The SMILES string of the molecule is CCN(CC)c1ccc2c(c1)OC(=O)C(/C=C/C=C/c1cc(C(C)(C)C)oc3cc(=[N+](CC)CC)ccc1-3)C2=O. The Kier molecular flexibility index (Phi) is 8.77. The number of hydrogen-bond donors (Lipinski definition) is 0. The predicted octanol–water partition coefficient (Wildman–Crippen LogP) is 6.33. The quantitative estimate of drug-likeness (QED) is 0.110. The molecule has 1 unspecified atom stereocenters. The normalized spacial score (nSPS) is 15.6. The maximum atomic E-state index is 13.2. The van der Waals surface area contributed by atoms with Gasteiger partial charge in [-0.3, -0.25) is 9.59 Å². The van der Waals surface area contributed by atoms with E-state index in [0.29, 0.717) is 11.3 Å². The third-order valence-corrected chi connectivity index (χ3v) is 7.45. The molecule has 2 heterocycles. The molecule has 210 valence electrons. The van der Waals surface area contributed by atoms with Gasteiger partial charge in [-0.2, -0.15) is 0 Å². The maximum absolute atomic E-state index is 13.2. The highest BCUT2D eigenvalue weighted by atomic mass is 16.5. The minimum atomic E-state index is -0.972. The number of anilines is 1. The van der Waals surface area contributed by atoms with Gasteiger partial charge in [0.1, 0.15) is 36.3 Å². The molecule has 0 spiro atoms. The highest BCUT2D eigenvalue weighted by Crippen LogP contribution is 2.34. The van der Waals surface area contributed by atoms with Crippen LogP contribution in [0.15, 0.2) is 65.1 Å². The van der Waals surface area contributed by atoms with Crippen molar-refractivity contribution in [2.75, 3.05) is 31.1 Å². The van der Waals surface area contributed by atoms with Gasteiger partial charge >= 0.3 is 5.97 Å². The summed E-state index contributed by atoms with van der Waals surface area (Å²) in [6, 6.07) is 13.8. The third kappa shape index (κ3) is 5.96. The van der Waals surface area contributed by atoms with Crippen molar-refractivity contribution in [3.8, 4) is 17.1 Å². The molecule has 0 saturated carbocycles. The van der Waals surface area contributed by atoms with Gasteiger partial charge in [-0.15, -0.1) is 0 Å². The van der Waals surface area contributed by atoms with Crippen LogP contribution in [0.3, 0.4) is 0 Å². The van der Waals surface area contributed by atoms with Crippen LogP contribution in [0.4, 0.5) is 5.69 Å². The number of ether oxygens (including phenoxy) is 1. The molecule has 0 N–H and O–H groups in total. The smallest absolute Gasteiger partial charge is 0.326 e. The van der Waals surface area contributed by atoms with E-state index in [2.05, 4.69) is 82.2 Å². The van der Waals surface area contributed by atoms with Gasteiger partial charge in [-0.1, -0.05) is 45.1 Å². The van der Waals surface area contributed by atoms with Crippen molar-refractivity contribution in [3.63, 3.8) is 0 Å². The van der Waals surface area contributed by atoms with Crippen molar-refractivity contribution in [2.24, 2.45) is 5.92 Å². The second-order valence-electron chi connectivity index (χ2n) is 11.0. The largest absolute Gasteiger partial charge is 0.460 e. The second kappa shape index (κ2) is 12.1. The number of benzene rings is 2. The minimum Gasteiger partial charge on any atom is -0.460 e. The Morgan fingerprint density at radius 3 is 2.25 bits per heavy atom. The zero-order valence-electron chi connectivity index (χ0n) is 24.8. The Morgan fingerprint density at radius 1 is 0.900 bits per heavy atom. The van der Waals surface area contributed by atoms with Gasteiger partial charge in [-0.25, -0.2) is 4.58 Å². The predicted molar refractivity (Wildman–Crippen MR) is 162 cm³/mol. The highest BCUT2D eigenvalue weighted by Gasteiger charge is 2.34. The van der Waals surface area contributed by atoms with E-state index < -0.39 is 11.9 Å². The summed E-state index contributed by atoms with van der Waals surface area (Å²) in [7, 11) is 0. The molecule has 40 heavy (non-hydrogen) atoms. The van der Waals surface area contributed by atoms with Gasteiger partial charge in [0.15, 0.2) is 5.78 Å². The molecule has 3 aliphatic rings. The topological polar surface area (TPSA) is 62.8 Å². The molecule has 0 bridgehead atoms. The zero-order valence-corrected chi connectivity index (χ0v) is 24.8. The molecule has 1 aromatic rings. The number of hydrogen-bond acceptors (Lipinski definition) is 5. The fourth-order valence-electron chi connectivity index (χ4n) is 5.03. The molecule has 0 fully saturated rings. The van der Waals surface area contributed by atoms with E-state index in [4.69, 9.17) is 9.15 Å². The molecule has 1 aromatic carbocycles. The van der Waals surface area contributed by atoms with Crippen LogP contribution in [-0.2, 0) is 10.2 Å². The van der Waals surface area contributed by atoms with Crippen molar-refractivity contribution >= 4 is 23.5 Å². The number of carbonyl (C=O) groups excluding carboxylic acids is 2. The fraction of sp³-hybridized carbons (Fsp3) is 0.382. The molecule has 6 nitrogen and oxygen atoms in total. The molecule has 0 saturated heterocycles. The Balaban J connectivity index is 1.63. The summed E-state index contributed by atoms with van der Waals surface area (Å²) in [4.78, 5) is 28.1. The summed E-state index contributed by atoms with van der Waals surface area (Å²) in [6.45, 7) is 18.3. The summed E-state index contributed by atoms with van der Waals surface area (Å²) in [5.74, 6) is 0.268. The average Bonchev–Trinajstić information content (AvgIpc) is 2.93. The van der Waals surface area contributed by atoms with Crippen molar-refractivity contribution in [2.45, 2.75) is 53.9 Å². The lowest BCUT2D eigenvalue weighted by molar-refractivity contribution is -0.136. The van der Waals surface area contributed by atoms with Gasteiger partial charge in [0, 0.05) is 41.9 Å². The van der Waals surface area contributed by atoms with Gasteiger partial charge in [0.2, 0.25) is 5.36 Å². The first kappa shape index (κ1) is 29.1. The van der Waals surface area contributed by atoms with E-state index >= 15 is 0 Å². The van der Waals surface area contributed by atoms with Crippen LogP contribution in [0.25, 0.3) is 17.4 Å². The molecule has 2 aliphatic heterocycles. The zero-order chi connectivity index (χ0) is 29.0. The monoisotopic (exact) mass is 541 g/mol. The lowest BCUT2D eigenvalue weighted by Gasteiger charge is -2.25. The minimum absolute atomic E-state index is 0.172. The van der Waals surface area contributed by atoms with E-state index in [1.807, 2.05) is 18.2 Å². The first-order valence-electron chi connectivity index (χ1n) is 14.3. The highest BCUT2D eigenvalue weighted by molar-refractivity contribution is 6.14. The number of fused-ring (bicyclic) bond motifs is 2. The molecular formula is C34H41N2O4+. The van der Waals surface area contributed by atoms with Gasteiger partial charge < -0.3 is 14.1 Å². The van der Waals surface area contributed by atoms with Crippen molar-refractivity contribution < 1.29 is 18.7 Å². The lowest BCUT2D eigenvalue weighted by Crippen LogP contribution is -2.32. The Morgan fingerprint density at radius 2 is 1.60 bits per heavy atom. The first-order chi connectivity index (χ1) is 19.1. The number of esters is 1. The summed E-state index contributed by atoms with van der Waals surface area (Å²) < 4.78 is 14.2. The summed E-state index contributed by atoms with van der Waals surface area (Å²) in [6.07, 6.45) is 7.21. The number of rotatable bonds is 8. The van der Waals surface area contributed by atoms with Crippen LogP contribution >= 0.6 is 0 Å². The Labute approximate surface area is 237 Å². The molecule has 4 rings (SSSR count). The number of allylic oxidation sites excluding steroid dienone is 2. The summed E-state index contributed by atoms with van der Waals surface area (Å²) in [5.41, 5.74) is 3.20. The van der Waals surface area contributed by atoms with E-state index in [1.54, 1.807) is 24.3 Å². The van der Waals surface area contributed by atoms with Crippen molar-refractivity contribution in [1.82, 2.24) is 4.58 Å². The molecule has 1 atom stereocenters. The van der Waals surface area contributed by atoms with E-state index in [0.717, 1.165) is 59.9 Å².